The first-order valence-electron chi connectivity index (χ1n) is 10.2. The van der Waals surface area contributed by atoms with Crippen LogP contribution in [-0.4, -0.2) is 32.6 Å². The van der Waals surface area contributed by atoms with Crippen molar-refractivity contribution in [3.63, 3.8) is 0 Å². The van der Waals surface area contributed by atoms with Gasteiger partial charge in [0.05, 0.1) is 25.9 Å². The molecule has 32 heavy (non-hydrogen) atoms. The van der Waals surface area contributed by atoms with E-state index in [0.717, 1.165) is 16.7 Å². The van der Waals surface area contributed by atoms with E-state index in [-0.39, 0.29) is 13.2 Å². The van der Waals surface area contributed by atoms with Crippen molar-refractivity contribution < 1.29 is 9.84 Å². The maximum absolute atomic E-state index is 12.7. The Balaban J connectivity index is 1.53. The lowest BCUT2D eigenvalue weighted by Crippen LogP contribution is -2.33. The largest absolute Gasteiger partial charge is 0.389 e. The number of hydrogen-bond acceptors (Lipinski definition) is 5. The highest BCUT2D eigenvalue weighted by Crippen LogP contribution is 2.27. The number of nitrogens with zero attached hydrogens (tertiary/aromatic N) is 3. The topological polar surface area (TPSA) is 77.2 Å². The van der Waals surface area contributed by atoms with Crippen LogP contribution in [0.1, 0.15) is 5.56 Å². The van der Waals surface area contributed by atoms with Crippen LogP contribution in [0.4, 0.5) is 0 Å². The van der Waals surface area contributed by atoms with Crippen LogP contribution < -0.4 is 5.69 Å². The minimum atomic E-state index is -0.916. The second-order valence-electron chi connectivity index (χ2n) is 7.30. The van der Waals surface area contributed by atoms with Crippen LogP contribution in [0, 0.1) is 0 Å². The number of aliphatic hydroxyl groups is 1. The molecule has 0 aliphatic rings. The van der Waals surface area contributed by atoms with Crippen LogP contribution in [-0.2, 0) is 17.9 Å². The zero-order valence-electron chi connectivity index (χ0n) is 17.3. The molecule has 0 saturated carbocycles. The van der Waals surface area contributed by atoms with E-state index in [1.54, 1.807) is 12.1 Å². The molecule has 4 aromatic rings. The predicted molar refractivity (Wildman–Crippen MR) is 124 cm³/mol. The van der Waals surface area contributed by atoms with Crippen molar-refractivity contribution in [1.82, 2.24) is 14.8 Å². The molecule has 0 amide bonds. The third-order valence-corrected chi connectivity index (χ3v) is 5.10. The fourth-order valence-electron chi connectivity index (χ4n) is 3.27. The number of aromatic nitrogens is 3. The molecule has 0 aliphatic carbocycles. The van der Waals surface area contributed by atoms with E-state index in [4.69, 9.17) is 16.3 Å². The molecule has 4 rings (SSSR count). The highest BCUT2D eigenvalue weighted by molar-refractivity contribution is 6.30. The molecule has 1 aromatic heterocycles. The fourth-order valence-corrected chi connectivity index (χ4v) is 3.40. The van der Waals surface area contributed by atoms with Crippen LogP contribution >= 0.6 is 11.6 Å². The number of benzene rings is 3. The van der Waals surface area contributed by atoms with E-state index in [9.17, 15) is 9.90 Å². The second-order valence-corrected chi connectivity index (χ2v) is 7.74. The van der Waals surface area contributed by atoms with Gasteiger partial charge in [-0.3, -0.25) is 0 Å². The Morgan fingerprint density at radius 2 is 1.47 bits per heavy atom. The Kier molecular flexibility index (Phi) is 7.07. The monoisotopic (exact) mass is 447 g/mol. The first kappa shape index (κ1) is 21.9. The van der Waals surface area contributed by atoms with Crippen LogP contribution in [0.2, 0.25) is 5.02 Å². The number of hydrogen-bond donors (Lipinski definition) is 1. The maximum atomic E-state index is 12.7. The molecular formula is C25H22ClN3O3. The molecule has 162 valence electrons. The summed E-state index contributed by atoms with van der Waals surface area (Å²) in [6.45, 7) is 0.357. The Morgan fingerprint density at radius 3 is 2.09 bits per heavy atom. The lowest BCUT2D eigenvalue weighted by atomic mass is 10.0. The Bertz CT molecular complexity index is 1210. The van der Waals surface area contributed by atoms with Gasteiger partial charge in [-0.15, -0.1) is 0 Å². The summed E-state index contributed by atoms with van der Waals surface area (Å²) in [5.74, 6) is 0. The van der Waals surface area contributed by atoms with Crippen LogP contribution in [0.15, 0.2) is 89.7 Å². The minimum Gasteiger partial charge on any atom is -0.389 e. The number of halogens is 1. The van der Waals surface area contributed by atoms with Gasteiger partial charge in [-0.2, -0.15) is 10.1 Å². The van der Waals surface area contributed by atoms with Gasteiger partial charge in [-0.05, 0) is 17.7 Å². The van der Waals surface area contributed by atoms with Crippen molar-refractivity contribution in [2.24, 2.45) is 0 Å². The van der Waals surface area contributed by atoms with Crippen molar-refractivity contribution in [2.75, 3.05) is 6.61 Å². The molecule has 6 nitrogen and oxygen atoms in total. The molecule has 0 saturated heterocycles. The maximum Gasteiger partial charge on any atom is 0.364 e. The van der Waals surface area contributed by atoms with Crippen molar-refractivity contribution in [1.29, 1.82) is 0 Å². The van der Waals surface area contributed by atoms with Gasteiger partial charge in [-0.1, -0.05) is 84.4 Å². The van der Waals surface area contributed by atoms with Crippen molar-refractivity contribution in [2.45, 2.75) is 19.3 Å². The summed E-state index contributed by atoms with van der Waals surface area (Å²) in [6, 6.07) is 26.3. The van der Waals surface area contributed by atoms with Gasteiger partial charge in [0.2, 0.25) is 0 Å². The number of aliphatic hydroxyl groups excluding tert-OH is 1. The zero-order chi connectivity index (χ0) is 22.3. The molecule has 0 fully saturated rings. The van der Waals surface area contributed by atoms with Crippen molar-refractivity contribution >= 4 is 11.6 Å². The van der Waals surface area contributed by atoms with E-state index in [2.05, 4.69) is 10.1 Å². The van der Waals surface area contributed by atoms with E-state index >= 15 is 0 Å². The Hall–Kier alpha value is -3.32. The van der Waals surface area contributed by atoms with E-state index < -0.39 is 11.8 Å². The lowest BCUT2D eigenvalue weighted by molar-refractivity contribution is 0.0178. The normalized spacial score (nSPS) is 11.9. The van der Waals surface area contributed by atoms with E-state index in [1.165, 1.54) is 4.68 Å². The lowest BCUT2D eigenvalue weighted by Gasteiger charge is -2.15. The molecule has 0 radical (unpaired) electrons. The SMILES string of the molecule is O=c1nc(-c2ccccc2)c(-c2ccccc2)nn1CC(O)COCc1ccc(Cl)cc1. The summed E-state index contributed by atoms with van der Waals surface area (Å²) in [6.07, 6.45) is -0.916. The van der Waals surface area contributed by atoms with Crippen LogP contribution in [0.5, 0.6) is 0 Å². The van der Waals surface area contributed by atoms with Gasteiger partial charge in [0, 0.05) is 16.1 Å². The smallest absolute Gasteiger partial charge is 0.364 e. The second kappa shape index (κ2) is 10.3. The molecule has 7 heteroatoms. The highest BCUT2D eigenvalue weighted by Gasteiger charge is 2.16. The molecule has 0 spiro atoms. The van der Waals surface area contributed by atoms with Crippen molar-refractivity contribution in [3.05, 3.63) is 106 Å². The summed E-state index contributed by atoms with van der Waals surface area (Å²) in [5.41, 5.74) is 3.13. The molecular weight excluding hydrogens is 426 g/mol. The van der Waals surface area contributed by atoms with Crippen LogP contribution in [0.25, 0.3) is 22.5 Å². The summed E-state index contributed by atoms with van der Waals surface area (Å²) >= 11 is 5.88. The van der Waals surface area contributed by atoms with E-state index in [1.807, 2.05) is 72.8 Å². The average molecular weight is 448 g/mol. The van der Waals surface area contributed by atoms with Gasteiger partial charge >= 0.3 is 5.69 Å². The quantitative estimate of drug-likeness (QED) is 0.438. The number of ether oxygens (including phenoxy) is 1. The van der Waals surface area contributed by atoms with E-state index in [0.29, 0.717) is 23.0 Å². The minimum absolute atomic E-state index is 0.0264. The first-order valence-corrected chi connectivity index (χ1v) is 10.6. The highest BCUT2D eigenvalue weighted by atomic mass is 35.5. The van der Waals surface area contributed by atoms with Gasteiger partial charge in [0.15, 0.2) is 0 Å². The fraction of sp³-hybridized carbons (Fsp3) is 0.160. The Morgan fingerprint density at radius 1 is 0.875 bits per heavy atom. The van der Waals surface area contributed by atoms with Crippen LogP contribution in [0.3, 0.4) is 0 Å². The summed E-state index contributed by atoms with van der Waals surface area (Å²) in [4.78, 5) is 17.0. The van der Waals surface area contributed by atoms with Gasteiger partial charge in [-0.25, -0.2) is 9.48 Å². The predicted octanol–water partition coefficient (Wildman–Crippen LogP) is 4.20. The summed E-state index contributed by atoms with van der Waals surface area (Å²) in [5, 5.41) is 15.6. The Labute approximate surface area is 190 Å². The van der Waals surface area contributed by atoms with Gasteiger partial charge in [0.1, 0.15) is 11.4 Å². The average Bonchev–Trinajstić information content (AvgIpc) is 2.82. The summed E-state index contributed by atoms with van der Waals surface area (Å²) < 4.78 is 6.77. The molecule has 3 aromatic carbocycles. The molecule has 0 bridgehead atoms. The number of rotatable bonds is 8. The zero-order valence-corrected chi connectivity index (χ0v) is 18.0. The molecule has 1 unspecified atom stereocenters. The standard InChI is InChI=1S/C25H22ClN3O3/c26-21-13-11-18(12-14-21)16-32-17-22(30)15-29-25(31)27-23(19-7-3-1-4-8-19)24(28-29)20-9-5-2-6-10-20/h1-14,22,30H,15-17H2. The first-order chi connectivity index (χ1) is 15.6. The van der Waals surface area contributed by atoms with Crippen molar-refractivity contribution in [3.8, 4) is 22.5 Å². The molecule has 1 heterocycles. The molecule has 0 aliphatic heterocycles. The van der Waals surface area contributed by atoms with Gasteiger partial charge < -0.3 is 9.84 Å². The summed E-state index contributed by atoms with van der Waals surface area (Å²) in [7, 11) is 0. The molecule has 1 atom stereocenters. The third-order valence-electron chi connectivity index (χ3n) is 4.84. The third kappa shape index (κ3) is 5.48. The molecule has 1 N–H and O–H groups in total. The van der Waals surface area contributed by atoms with Gasteiger partial charge in [0.25, 0.3) is 0 Å².